The standard InChI is InChI=1S/C33H38FN7O4/c1-20-5-4-6-22-13-25(42)15-29(30(20)22)39-10-8-27-28(18-39)36-33(45-19-24-14-26(43)17-38(24)3)37-31(27)40-11-12-41(32(44)21(2)34)23(16-40)7-9-35/h4-6,13,15,23-24,26,42-43H,2,7-8,10-12,14,16-19H2,1,3H3/t23-,24-,26?/m0/s1. The first-order valence-corrected chi connectivity index (χ1v) is 15.3. The highest BCUT2D eigenvalue weighted by Gasteiger charge is 2.35. The molecule has 0 radical (unpaired) electrons. The summed E-state index contributed by atoms with van der Waals surface area (Å²) in [4.78, 5) is 29.9. The molecule has 3 atom stereocenters. The molecule has 0 aliphatic carbocycles. The van der Waals surface area contributed by atoms with Crippen LogP contribution in [-0.2, 0) is 17.8 Å². The van der Waals surface area contributed by atoms with E-state index in [1.165, 1.54) is 4.90 Å². The maximum Gasteiger partial charge on any atom is 0.318 e. The monoisotopic (exact) mass is 615 g/mol. The van der Waals surface area contributed by atoms with Crippen molar-refractivity contribution in [2.45, 2.75) is 50.9 Å². The quantitative estimate of drug-likeness (QED) is 0.383. The number of phenols is 1. The summed E-state index contributed by atoms with van der Waals surface area (Å²) < 4.78 is 20.0. The average Bonchev–Trinajstić information content (AvgIpc) is 3.34. The van der Waals surface area contributed by atoms with E-state index >= 15 is 0 Å². The number of aromatic nitrogens is 2. The minimum Gasteiger partial charge on any atom is -0.508 e. The van der Waals surface area contributed by atoms with Gasteiger partial charge in [-0.05, 0) is 43.8 Å². The van der Waals surface area contributed by atoms with E-state index in [0.717, 1.165) is 33.3 Å². The number of likely N-dealkylation sites (N-methyl/N-ethyl adjacent to an activating group) is 1. The Bertz CT molecular complexity index is 1680. The SMILES string of the molecule is C=C(F)C(=O)N1CCN(c2nc(OC[C@@H]3CC(O)CN3C)nc3c2CCN(c2cc(O)cc4cccc(C)c24)C3)C[C@@H]1CC#N. The molecule has 11 nitrogen and oxygen atoms in total. The van der Waals surface area contributed by atoms with Crippen molar-refractivity contribution in [3.8, 4) is 17.8 Å². The predicted octanol–water partition coefficient (Wildman–Crippen LogP) is 3.06. The van der Waals surface area contributed by atoms with E-state index in [1.807, 2.05) is 24.1 Å². The Balaban J connectivity index is 1.35. The van der Waals surface area contributed by atoms with E-state index in [-0.39, 0.29) is 30.8 Å². The minimum atomic E-state index is -1.04. The zero-order valence-corrected chi connectivity index (χ0v) is 25.6. The molecule has 236 valence electrons. The Morgan fingerprint density at radius 2 is 2.00 bits per heavy atom. The number of aromatic hydroxyl groups is 1. The number of fused-ring (bicyclic) bond motifs is 2. The minimum absolute atomic E-state index is 0.0181. The van der Waals surface area contributed by atoms with Crippen molar-refractivity contribution in [1.29, 1.82) is 5.26 Å². The summed E-state index contributed by atoms with van der Waals surface area (Å²) in [5, 5.41) is 32.2. The van der Waals surface area contributed by atoms with Gasteiger partial charge >= 0.3 is 6.01 Å². The van der Waals surface area contributed by atoms with Crippen molar-refractivity contribution < 1.29 is 24.1 Å². The van der Waals surface area contributed by atoms with Gasteiger partial charge in [-0.2, -0.15) is 15.2 Å². The number of rotatable bonds is 7. The molecule has 4 heterocycles. The molecule has 1 unspecified atom stereocenters. The van der Waals surface area contributed by atoms with Crippen LogP contribution < -0.4 is 14.5 Å². The van der Waals surface area contributed by atoms with Crippen LogP contribution in [0.5, 0.6) is 11.8 Å². The highest BCUT2D eigenvalue weighted by molar-refractivity contribution is 5.98. The number of aryl methyl sites for hydroxylation is 1. The fraction of sp³-hybridized carbons (Fsp3) is 0.455. The van der Waals surface area contributed by atoms with Crippen LogP contribution in [0, 0.1) is 18.3 Å². The number of carbonyl (C=O) groups is 1. The number of nitrogens with zero attached hydrogens (tertiary/aromatic N) is 7. The number of benzene rings is 2. The number of nitriles is 1. The molecule has 0 spiro atoms. The van der Waals surface area contributed by atoms with E-state index in [2.05, 4.69) is 35.4 Å². The van der Waals surface area contributed by atoms with Crippen molar-refractivity contribution >= 4 is 28.2 Å². The Morgan fingerprint density at radius 3 is 2.73 bits per heavy atom. The number of hydrogen-bond acceptors (Lipinski definition) is 10. The first-order valence-electron chi connectivity index (χ1n) is 15.3. The number of aliphatic hydroxyl groups excluding tert-OH is 1. The lowest BCUT2D eigenvalue weighted by Crippen LogP contribution is -2.55. The molecular weight excluding hydrogens is 577 g/mol. The number of hydrogen-bond donors (Lipinski definition) is 2. The van der Waals surface area contributed by atoms with E-state index in [1.54, 1.807) is 12.1 Å². The number of piperazine rings is 1. The van der Waals surface area contributed by atoms with Gasteiger partial charge in [-0.25, -0.2) is 4.39 Å². The number of halogens is 1. The van der Waals surface area contributed by atoms with Crippen molar-refractivity contribution in [2.24, 2.45) is 0 Å². The van der Waals surface area contributed by atoms with E-state index in [4.69, 9.17) is 14.7 Å². The Morgan fingerprint density at radius 1 is 1.18 bits per heavy atom. The number of ether oxygens (including phenoxy) is 1. The average molecular weight is 616 g/mol. The first kappa shape index (κ1) is 30.6. The van der Waals surface area contributed by atoms with Crippen molar-refractivity contribution in [3.05, 3.63) is 59.6 Å². The van der Waals surface area contributed by atoms with Crippen molar-refractivity contribution in [1.82, 2.24) is 19.8 Å². The van der Waals surface area contributed by atoms with Crippen LogP contribution in [0.25, 0.3) is 10.8 Å². The smallest absolute Gasteiger partial charge is 0.318 e. The van der Waals surface area contributed by atoms with Crippen LogP contribution in [0.1, 0.15) is 29.7 Å². The van der Waals surface area contributed by atoms with Gasteiger partial charge in [0.15, 0.2) is 5.83 Å². The van der Waals surface area contributed by atoms with Gasteiger partial charge in [-0.1, -0.05) is 24.8 Å². The van der Waals surface area contributed by atoms with Gasteiger partial charge in [0.25, 0.3) is 5.91 Å². The lowest BCUT2D eigenvalue weighted by atomic mass is 9.99. The van der Waals surface area contributed by atoms with Crippen LogP contribution in [0.4, 0.5) is 15.9 Å². The summed E-state index contributed by atoms with van der Waals surface area (Å²) in [6.07, 6.45) is 0.849. The third-order valence-electron chi connectivity index (χ3n) is 9.19. The highest BCUT2D eigenvalue weighted by atomic mass is 19.1. The van der Waals surface area contributed by atoms with Gasteiger partial charge in [0.1, 0.15) is 18.2 Å². The third-order valence-corrected chi connectivity index (χ3v) is 9.19. The third kappa shape index (κ3) is 6.10. The van der Waals surface area contributed by atoms with Gasteiger partial charge < -0.3 is 29.6 Å². The number of carbonyl (C=O) groups excluding carboxylic acids is 1. The van der Waals surface area contributed by atoms with Crippen LogP contribution in [0.15, 0.2) is 42.7 Å². The topological polar surface area (TPSA) is 129 Å². The second-order valence-electron chi connectivity index (χ2n) is 12.2. The molecule has 12 heteroatoms. The summed E-state index contributed by atoms with van der Waals surface area (Å²) in [5.74, 6) is -0.967. The molecule has 3 aliphatic heterocycles. The molecule has 2 aromatic carbocycles. The molecule has 3 aliphatic rings. The summed E-state index contributed by atoms with van der Waals surface area (Å²) in [6.45, 7) is 8.13. The molecule has 1 aromatic heterocycles. The fourth-order valence-corrected chi connectivity index (χ4v) is 6.91. The van der Waals surface area contributed by atoms with Crippen molar-refractivity contribution in [3.63, 3.8) is 0 Å². The number of phenolic OH excluding ortho intramolecular Hbond substituents is 1. The molecule has 6 rings (SSSR count). The van der Waals surface area contributed by atoms with E-state index in [9.17, 15) is 24.7 Å². The molecule has 1 amide bonds. The van der Waals surface area contributed by atoms with Crippen LogP contribution in [-0.4, -0.2) is 100 Å². The molecule has 2 saturated heterocycles. The molecule has 2 fully saturated rings. The summed E-state index contributed by atoms with van der Waals surface area (Å²) >= 11 is 0. The second kappa shape index (κ2) is 12.5. The van der Waals surface area contributed by atoms with Crippen LogP contribution in [0.2, 0.25) is 0 Å². The lowest BCUT2D eigenvalue weighted by Gasteiger charge is -2.42. The highest BCUT2D eigenvalue weighted by Crippen LogP contribution is 2.38. The van der Waals surface area contributed by atoms with E-state index < -0.39 is 23.9 Å². The van der Waals surface area contributed by atoms with Gasteiger partial charge in [0, 0.05) is 61.5 Å². The summed E-state index contributed by atoms with van der Waals surface area (Å²) in [5.41, 5.74) is 3.78. The number of amides is 1. The zero-order valence-electron chi connectivity index (χ0n) is 25.6. The second-order valence-corrected chi connectivity index (χ2v) is 12.2. The van der Waals surface area contributed by atoms with E-state index in [0.29, 0.717) is 58.0 Å². The molecule has 0 saturated carbocycles. The first-order chi connectivity index (χ1) is 21.6. The van der Waals surface area contributed by atoms with Gasteiger partial charge in [-0.15, -0.1) is 0 Å². The molecule has 3 aromatic rings. The molecule has 2 N–H and O–H groups in total. The zero-order chi connectivity index (χ0) is 31.8. The predicted molar refractivity (Wildman–Crippen MR) is 168 cm³/mol. The van der Waals surface area contributed by atoms with Crippen LogP contribution >= 0.6 is 0 Å². The number of aliphatic hydroxyl groups is 1. The Labute approximate surface area is 261 Å². The summed E-state index contributed by atoms with van der Waals surface area (Å²) in [7, 11) is 1.95. The Hall–Kier alpha value is -4.47. The van der Waals surface area contributed by atoms with Crippen LogP contribution in [0.3, 0.4) is 0 Å². The number of likely N-dealkylation sites (tertiary alicyclic amines) is 1. The summed E-state index contributed by atoms with van der Waals surface area (Å²) in [6, 6.07) is 11.4. The maximum absolute atomic E-state index is 13.8. The normalized spacial score (nSPS) is 21.9. The molecule has 45 heavy (non-hydrogen) atoms. The molecule has 0 bridgehead atoms. The molecular formula is C33H38FN7O4. The fourth-order valence-electron chi connectivity index (χ4n) is 6.91. The lowest BCUT2D eigenvalue weighted by molar-refractivity contribution is -0.131. The van der Waals surface area contributed by atoms with Gasteiger partial charge in [0.05, 0.1) is 36.9 Å². The largest absolute Gasteiger partial charge is 0.508 e. The number of β-amino-alcohol motifs (C(OH)–C–C–N with tert-alkyl or cyclic N) is 1. The number of anilines is 2. The van der Waals surface area contributed by atoms with Crippen molar-refractivity contribution in [2.75, 3.05) is 56.2 Å². The van der Waals surface area contributed by atoms with Gasteiger partial charge in [-0.3, -0.25) is 9.69 Å². The Kier molecular flexibility index (Phi) is 8.48. The van der Waals surface area contributed by atoms with Gasteiger partial charge in [0.2, 0.25) is 0 Å². The maximum atomic E-state index is 13.8.